The van der Waals surface area contributed by atoms with E-state index in [9.17, 15) is 4.57 Å². The van der Waals surface area contributed by atoms with Crippen LogP contribution in [0.4, 0.5) is 5.95 Å². The van der Waals surface area contributed by atoms with Crippen LogP contribution in [0.1, 0.15) is 34.6 Å². The van der Waals surface area contributed by atoms with Crippen molar-refractivity contribution in [3.8, 4) is 0 Å². The molecule has 0 amide bonds. The summed E-state index contributed by atoms with van der Waals surface area (Å²) < 4.78 is 30.9. The average molecular weight is 407 g/mol. The number of hydrogen-bond acceptors (Lipinski definition) is 9. The molecule has 0 saturated carbocycles. The Morgan fingerprint density at radius 1 is 1.15 bits per heavy atom. The molecular weight excluding hydrogens is 383 g/mol. The predicted octanol–water partition coefficient (Wildman–Crippen LogP) is 2.86. The second-order valence-corrected chi connectivity index (χ2v) is 8.60. The van der Waals surface area contributed by atoms with Crippen molar-refractivity contribution in [1.82, 2.24) is 25.0 Å². The summed E-state index contributed by atoms with van der Waals surface area (Å²) in [5.74, 6) is 0.0276. The topological polar surface area (TPSA) is 127 Å². The molecule has 1 unspecified atom stereocenters. The summed E-state index contributed by atoms with van der Waals surface area (Å²) >= 11 is 5.98. The van der Waals surface area contributed by atoms with Crippen molar-refractivity contribution in [3.63, 3.8) is 0 Å². The highest BCUT2D eigenvalue weighted by molar-refractivity contribution is 7.53. The van der Waals surface area contributed by atoms with Gasteiger partial charge in [-0.3, -0.25) is 4.57 Å². The molecule has 0 fully saturated rings. The number of nitrogens with zero attached hydrogens (tertiary/aromatic N) is 5. The number of hydrogen-bond donors (Lipinski definition) is 1. The molecule has 26 heavy (non-hydrogen) atoms. The molecule has 2 aromatic heterocycles. The Morgan fingerprint density at radius 2 is 1.77 bits per heavy atom. The molecule has 146 valence electrons. The van der Waals surface area contributed by atoms with Crippen LogP contribution in [0.25, 0.3) is 11.2 Å². The molecule has 2 heterocycles. The number of anilines is 1. The molecule has 12 heteroatoms. The summed E-state index contributed by atoms with van der Waals surface area (Å²) in [6.45, 7) is 9.25. The Bertz CT molecular complexity index is 785. The highest BCUT2D eigenvalue weighted by atomic mass is 35.5. The quantitative estimate of drug-likeness (QED) is 0.493. The van der Waals surface area contributed by atoms with E-state index in [2.05, 4.69) is 20.3 Å². The number of ether oxygens (including phenoxy) is 1. The van der Waals surface area contributed by atoms with E-state index in [1.807, 2.05) is 0 Å². The maximum Gasteiger partial charge on any atom is 0.356 e. The van der Waals surface area contributed by atoms with Crippen LogP contribution in [-0.2, 0) is 24.9 Å². The fourth-order valence-corrected chi connectivity index (χ4v) is 4.31. The van der Waals surface area contributed by atoms with Gasteiger partial charge < -0.3 is 19.5 Å². The summed E-state index contributed by atoms with van der Waals surface area (Å²) in [7, 11) is -3.37. The molecule has 0 spiro atoms. The minimum Gasteiger partial charge on any atom is -0.368 e. The maximum absolute atomic E-state index is 12.8. The third-order valence-electron chi connectivity index (χ3n) is 3.03. The zero-order valence-electron chi connectivity index (χ0n) is 15.4. The fraction of sp³-hybridized carbons (Fsp3) is 0.714. The van der Waals surface area contributed by atoms with Gasteiger partial charge in [0.2, 0.25) is 5.95 Å². The van der Waals surface area contributed by atoms with Crippen molar-refractivity contribution < 1.29 is 18.3 Å². The molecule has 1 atom stereocenters. The molecule has 0 aliphatic carbocycles. The summed E-state index contributed by atoms with van der Waals surface area (Å²) in [5, 5.41) is 8.06. The van der Waals surface area contributed by atoms with Crippen LogP contribution in [0, 0.1) is 0 Å². The fourth-order valence-electron chi connectivity index (χ4n) is 2.21. The zero-order chi connectivity index (χ0) is 19.5. The molecule has 0 aliphatic rings. The van der Waals surface area contributed by atoms with Crippen molar-refractivity contribution in [2.24, 2.45) is 0 Å². The smallest absolute Gasteiger partial charge is 0.356 e. The van der Waals surface area contributed by atoms with Crippen LogP contribution >= 0.6 is 19.2 Å². The van der Waals surface area contributed by atoms with Gasteiger partial charge in [0, 0.05) is 0 Å². The van der Waals surface area contributed by atoms with Gasteiger partial charge in [-0.15, -0.1) is 5.10 Å². The Balaban J connectivity index is 2.06. The minimum atomic E-state index is -3.37. The number of rotatable bonds is 9. The second-order valence-electron chi connectivity index (χ2n) is 6.34. The van der Waals surface area contributed by atoms with Crippen LogP contribution in [0.3, 0.4) is 0 Å². The lowest BCUT2D eigenvalue weighted by molar-refractivity contribution is 0.0529. The highest BCUT2D eigenvalue weighted by Gasteiger charge is 2.29. The number of halogens is 1. The molecule has 2 N–H and O–H groups in total. The number of nitrogens with two attached hydrogens (primary N) is 1. The van der Waals surface area contributed by atoms with Gasteiger partial charge in [0.25, 0.3) is 0 Å². The molecule has 2 rings (SSSR count). The molecule has 0 aliphatic heterocycles. The van der Waals surface area contributed by atoms with E-state index in [1.165, 1.54) is 4.68 Å². The van der Waals surface area contributed by atoms with Gasteiger partial charge in [-0.2, -0.15) is 9.97 Å². The van der Waals surface area contributed by atoms with E-state index in [0.717, 1.165) is 0 Å². The standard InChI is InChI=1S/C14H24ClN6O4P/c1-8(2)24-26(22,25-9(3)4)7-23-10(5)6-21-13-11(19-20-21)12(15)17-14(16)18-13/h8-10H,6-7H2,1-5H3,(H2,16,17,18). The van der Waals surface area contributed by atoms with E-state index in [-0.39, 0.29) is 35.8 Å². The molecule has 0 saturated heterocycles. The molecule has 0 radical (unpaired) electrons. The third-order valence-corrected chi connectivity index (χ3v) is 5.24. The van der Waals surface area contributed by atoms with Gasteiger partial charge in [0.15, 0.2) is 16.3 Å². The Labute approximate surface area is 156 Å². The van der Waals surface area contributed by atoms with E-state index in [1.54, 1.807) is 34.6 Å². The average Bonchev–Trinajstić information content (AvgIpc) is 2.87. The van der Waals surface area contributed by atoms with Crippen LogP contribution < -0.4 is 5.73 Å². The van der Waals surface area contributed by atoms with Gasteiger partial charge in [-0.05, 0) is 34.6 Å². The Kier molecular flexibility index (Phi) is 6.92. The Morgan fingerprint density at radius 3 is 2.35 bits per heavy atom. The lowest BCUT2D eigenvalue weighted by Gasteiger charge is -2.24. The third kappa shape index (κ3) is 5.59. The van der Waals surface area contributed by atoms with Crippen molar-refractivity contribution in [2.75, 3.05) is 12.1 Å². The first-order chi connectivity index (χ1) is 12.1. The molecule has 10 nitrogen and oxygen atoms in total. The molecular formula is C14H24ClN6O4P. The molecule has 0 aromatic carbocycles. The second kappa shape index (κ2) is 8.58. The summed E-state index contributed by atoms with van der Waals surface area (Å²) in [4.78, 5) is 7.93. The highest BCUT2D eigenvalue weighted by Crippen LogP contribution is 2.50. The SMILES string of the molecule is CC(C)OP(=O)(COC(C)Cn1nnc2c(Cl)nc(N)nc21)OC(C)C. The maximum atomic E-state index is 12.8. The predicted molar refractivity (Wildman–Crippen MR) is 98.0 cm³/mol. The van der Waals surface area contributed by atoms with Crippen molar-refractivity contribution in [2.45, 2.75) is 59.5 Å². The van der Waals surface area contributed by atoms with Gasteiger partial charge in [0.1, 0.15) is 6.35 Å². The lowest BCUT2D eigenvalue weighted by atomic mass is 10.4. The van der Waals surface area contributed by atoms with E-state index < -0.39 is 7.60 Å². The monoisotopic (exact) mass is 406 g/mol. The number of aromatic nitrogens is 5. The molecule has 0 bridgehead atoms. The van der Waals surface area contributed by atoms with Gasteiger partial charge in [-0.1, -0.05) is 16.8 Å². The summed E-state index contributed by atoms with van der Waals surface area (Å²) in [5.41, 5.74) is 6.37. The first kappa shape index (κ1) is 21.0. The first-order valence-electron chi connectivity index (χ1n) is 8.19. The van der Waals surface area contributed by atoms with Crippen LogP contribution in [0.2, 0.25) is 5.15 Å². The van der Waals surface area contributed by atoms with E-state index in [0.29, 0.717) is 17.7 Å². The summed E-state index contributed by atoms with van der Waals surface area (Å²) in [6.07, 6.45) is -1.04. The van der Waals surface area contributed by atoms with Crippen molar-refractivity contribution >= 4 is 36.3 Å². The van der Waals surface area contributed by atoms with Gasteiger partial charge >= 0.3 is 7.60 Å². The number of fused-ring (bicyclic) bond motifs is 1. The van der Waals surface area contributed by atoms with Gasteiger partial charge in [-0.25, -0.2) is 4.68 Å². The minimum absolute atomic E-state index is 0.0276. The summed E-state index contributed by atoms with van der Waals surface area (Å²) in [6, 6.07) is 0. The van der Waals surface area contributed by atoms with E-state index >= 15 is 0 Å². The largest absolute Gasteiger partial charge is 0.368 e. The lowest BCUT2D eigenvalue weighted by Crippen LogP contribution is -2.20. The van der Waals surface area contributed by atoms with E-state index in [4.69, 9.17) is 31.1 Å². The van der Waals surface area contributed by atoms with Crippen molar-refractivity contribution in [3.05, 3.63) is 5.15 Å². The normalized spacial score (nSPS) is 13.8. The van der Waals surface area contributed by atoms with Crippen LogP contribution in [0.5, 0.6) is 0 Å². The van der Waals surface area contributed by atoms with Gasteiger partial charge in [0.05, 0.1) is 24.9 Å². The zero-order valence-corrected chi connectivity index (χ0v) is 17.1. The Hall–Kier alpha value is -1.32. The number of nitrogen functional groups attached to an aromatic ring is 1. The van der Waals surface area contributed by atoms with Crippen LogP contribution in [-0.4, -0.2) is 49.6 Å². The van der Waals surface area contributed by atoms with Crippen LogP contribution in [0.15, 0.2) is 0 Å². The first-order valence-corrected chi connectivity index (χ1v) is 10.3. The van der Waals surface area contributed by atoms with Crippen molar-refractivity contribution in [1.29, 1.82) is 0 Å². The molecule has 2 aromatic rings.